The van der Waals surface area contributed by atoms with Crippen LogP contribution in [0.3, 0.4) is 0 Å². The summed E-state index contributed by atoms with van der Waals surface area (Å²) in [6.07, 6.45) is 4.24. The smallest absolute Gasteiger partial charge is 0.314 e. The number of rotatable bonds is 3. The number of nitrogens with two attached hydrogens (primary N) is 1. The Bertz CT molecular complexity index is 855. The molecule has 6 heteroatoms. The number of primary amides is 1. The van der Waals surface area contributed by atoms with Crippen molar-refractivity contribution >= 4 is 18.0 Å². The molecule has 1 aliphatic heterocycles. The van der Waals surface area contributed by atoms with E-state index in [0.717, 1.165) is 29.1 Å². The largest absolute Gasteiger partial charge is 0.351 e. The van der Waals surface area contributed by atoms with Crippen LogP contribution in [0, 0.1) is 13.8 Å². The number of aryl methyl sites for hydroxylation is 1. The van der Waals surface area contributed by atoms with Gasteiger partial charge in [0, 0.05) is 49.3 Å². The third kappa shape index (κ3) is 4.22. The van der Waals surface area contributed by atoms with Crippen LogP contribution < -0.4 is 5.73 Å². The van der Waals surface area contributed by atoms with E-state index in [9.17, 15) is 9.59 Å². The minimum Gasteiger partial charge on any atom is -0.351 e. The highest BCUT2D eigenvalue weighted by atomic mass is 16.2. The number of carbonyl (C=O) groups excluding carboxylic acids is 2. The number of hydrogen-bond donors (Lipinski definition) is 1. The highest BCUT2D eigenvalue weighted by Crippen LogP contribution is 2.21. The van der Waals surface area contributed by atoms with Gasteiger partial charge >= 0.3 is 6.03 Å². The van der Waals surface area contributed by atoms with Gasteiger partial charge in [-0.15, -0.1) is 0 Å². The highest BCUT2D eigenvalue weighted by molar-refractivity contribution is 5.92. The number of nitrogens with zero attached hydrogens (tertiary/aromatic N) is 3. The third-order valence-corrected chi connectivity index (χ3v) is 5.01. The minimum absolute atomic E-state index is 0.0363. The molecule has 3 rings (SSSR count). The molecule has 2 heterocycles. The second kappa shape index (κ2) is 8.12. The van der Waals surface area contributed by atoms with Crippen molar-refractivity contribution in [2.45, 2.75) is 20.3 Å². The topological polar surface area (TPSA) is 71.6 Å². The van der Waals surface area contributed by atoms with E-state index in [1.165, 1.54) is 0 Å². The van der Waals surface area contributed by atoms with Gasteiger partial charge in [-0.25, -0.2) is 4.79 Å². The monoisotopic (exact) mass is 366 g/mol. The SMILES string of the molecule is Cc1cc(C=CC(=O)N2CCCN(C(N)=O)CC2)c(C)n1-c1ccccc1. The lowest BCUT2D eigenvalue weighted by atomic mass is 10.2. The van der Waals surface area contributed by atoms with E-state index in [4.69, 9.17) is 5.73 Å². The van der Waals surface area contributed by atoms with E-state index < -0.39 is 6.03 Å². The fraction of sp³-hybridized carbons (Fsp3) is 0.333. The molecule has 0 atom stereocenters. The summed E-state index contributed by atoms with van der Waals surface area (Å²) in [5, 5.41) is 0. The predicted octanol–water partition coefficient (Wildman–Crippen LogP) is 2.72. The van der Waals surface area contributed by atoms with Crippen molar-refractivity contribution in [1.29, 1.82) is 0 Å². The van der Waals surface area contributed by atoms with Crippen LogP contribution in [-0.2, 0) is 4.79 Å². The van der Waals surface area contributed by atoms with Gasteiger partial charge in [0.05, 0.1) is 0 Å². The van der Waals surface area contributed by atoms with Crippen LogP contribution in [0.5, 0.6) is 0 Å². The summed E-state index contributed by atoms with van der Waals surface area (Å²) in [7, 11) is 0. The summed E-state index contributed by atoms with van der Waals surface area (Å²) in [5.41, 5.74) is 9.69. The average molecular weight is 366 g/mol. The van der Waals surface area contributed by atoms with Gasteiger partial charge in [-0.2, -0.15) is 0 Å². The van der Waals surface area contributed by atoms with Crippen LogP contribution in [0.15, 0.2) is 42.5 Å². The van der Waals surface area contributed by atoms with Crippen molar-refractivity contribution < 1.29 is 9.59 Å². The van der Waals surface area contributed by atoms with Crippen LogP contribution in [0.4, 0.5) is 4.79 Å². The van der Waals surface area contributed by atoms with Gasteiger partial charge in [-0.05, 0) is 50.1 Å². The predicted molar refractivity (Wildman–Crippen MR) is 107 cm³/mol. The maximum Gasteiger partial charge on any atom is 0.314 e. The number of hydrogen-bond acceptors (Lipinski definition) is 2. The molecule has 2 aromatic rings. The molecule has 1 fully saturated rings. The molecule has 1 saturated heterocycles. The summed E-state index contributed by atoms with van der Waals surface area (Å²) >= 11 is 0. The van der Waals surface area contributed by atoms with E-state index in [2.05, 4.69) is 36.6 Å². The molecular formula is C21H26N4O2. The quantitative estimate of drug-likeness (QED) is 0.849. The molecule has 27 heavy (non-hydrogen) atoms. The van der Waals surface area contributed by atoms with Gasteiger partial charge in [0.1, 0.15) is 0 Å². The molecule has 3 amide bonds. The lowest BCUT2D eigenvalue weighted by Crippen LogP contribution is -2.39. The fourth-order valence-corrected chi connectivity index (χ4v) is 3.56. The second-order valence-electron chi connectivity index (χ2n) is 6.83. The molecule has 1 aliphatic rings. The zero-order valence-corrected chi connectivity index (χ0v) is 15.9. The van der Waals surface area contributed by atoms with Gasteiger partial charge < -0.3 is 20.1 Å². The van der Waals surface area contributed by atoms with Crippen LogP contribution >= 0.6 is 0 Å². The normalized spacial score (nSPS) is 15.2. The van der Waals surface area contributed by atoms with Crippen LogP contribution in [0.2, 0.25) is 0 Å². The van der Waals surface area contributed by atoms with Gasteiger partial charge in [0.2, 0.25) is 5.91 Å². The van der Waals surface area contributed by atoms with E-state index in [0.29, 0.717) is 26.2 Å². The van der Waals surface area contributed by atoms with Crippen molar-refractivity contribution in [1.82, 2.24) is 14.4 Å². The van der Waals surface area contributed by atoms with Gasteiger partial charge in [-0.1, -0.05) is 18.2 Å². The molecule has 1 aromatic carbocycles. The molecule has 0 saturated carbocycles. The Balaban J connectivity index is 1.73. The summed E-state index contributed by atoms with van der Waals surface area (Å²) in [6, 6.07) is 11.8. The Morgan fingerprint density at radius 1 is 1.00 bits per heavy atom. The number of para-hydroxylation sites is 1. The van der Waals surface area contributed by atoms with Crippen LogP contribution in [0.25, 0.3) is 11.8 Å². The van der Waals surface area contributed by atoms with E-state index in [1.807, 2.05) is 24.3 Å². The standard InChI is InChI=1S/C21H26N4O2/c1-16-15-18(17(2)25(16)19-7-4-3-5-8-19)9-10-20(26)23-11-6-12-24(14-13-23)21(22)27/h3-5,7-10,15H,6,11-14H2,1-2H3,(H2,22,27). The number of amides is 3. The van der Waals surface area contributed by atoms with Crippen LogP contribution in [0.1, 0.15) is 23.4 Å². The lowest BCUT2D eigenvalue weighted by molar-refractivity contribution is -0.125. The van der Waals surface area contributed by atoms with E-state index in [1.54, 1.807) is 15.9 Å². The Morgan fingerprint density at radius 2 is 1.67 bits per heavy atom. The number of benzene rings is 1. The van der Waals surface area contributed by atoms with Crippen LogP contribution in [-0.4, -0.2) is 52.5 Å². The summed E-state index contributed by atoms with van der Waals surface area (Å²) in [5.74, 6) is -0.0363. The molecule has 1 aromatic heterocycles. The maximum absolute atomic E-state index is 12.6. The van der Waals surface area contributed by atoms with Crippen molar-refractivity contribution in [2.24, 2.45) is 5.73 Å². The Morgan fingerprint density at radius 3 is 2.37 bits per heavy atom. The highest BCUT2D eigenvalue weighted by Gasteiger charge is 2.19. The number of urea groups is 1. The van der Waals surface area contributed by atoms with Crippen molar-refractivity contribution in [3.8, 4) is 5.69 Å². The van der Waals surface area contributed by atoms with Crippen molar-refractivity contribution in [3.05, 3.63) is 59.4 Å². The fourth-order valence-electron chi connectivity index (χ4n) is 3.56. The van der Waals surface area contributed by atoms with Crippen molar-refractivity contribution in [3.63, 3.8) is 0 Å². The molecule has 0 radical (unpaired) electrons. The number of carbonyl (C=O) groups is 2. The molecule has 142 valence electrons. The minimum atomic E-state index is -0.423. The summed E-state index contributed by atoms with van der Waals surface area (Å²) in [4.78, 5) is 27.2. The Labute approximate surface area is 159 Å². The molecule has 6 nitrogen and oxygen atoms in total. The first-order chi connectivity index (χ1) is 13.0. The second-order valence-corrected chi connectivity index (χ2v) is 6.83. The molecular weight excluding hydrogens is 340 g/mol. The Hall–Kier alpha value is -3.02. The number of aromatic nitrogens is 1. The van der Waals surface area contributed by atoms with Crippen molar-refractivity contribution in [2.75, 3.05) is 26.2 Å². The van der Waals surface area contributed by atoms with E-state index in [-0.39, 0.29) is 5.91 Å². The molecule has 0 bridgehead atoms. The van der Waals surface area contributed by atoms with E-state index >= 15 is 0 Å². The van der Waals surface area contributed by atoms with Gasteiger partial charge in [0.15, 0.2) is 0 Å². The zero-order valence-electron chi connectivity index (χ0n) is 15.9. The average Bonchev–Trinajstić information content (AvgIpc) is 2.82. The van der Waals surface area contributed by atoms with Gasteiger partial charge in [0.25, 0.3) is 0 Å². The first-order valence-electron chi connectivity index (χ1n) is 9.23. The summed E-state index contributed by atoms with van der Waals surface area (Å²) in [6.45, 7) is 6.34. The summed E-state index contributed by atoms with van der Waals surface area (Å²) < 4.78 is 2.18. The maximum atomic E-state index is 12.6. The molecule has 0 unspecified atom stereocenters. The molecule has 0 aliphatic carbocycles. The first kappa shape index (κ1) is 18.8. The van der Waals surface area contributed by atoms with Gasteiger partial charge in [-0.3, -0.25) is 4.79 Å². The molecule has 2 N–H and O–H groups in total. The Kier molecular flexibility index (Phi) is 5.64. The molecule has 0 spiro atoms. The third-order valence-electron chi connectivity index (χ3n) is 5.01. The first-order valence-corrected chi connectivity index (χ1v) is 9.23. The lowest BCUT2D eigenvalue weighted by Gasteiger charge is -2.19. The zero-order chi connectivity index (χ0) is 19.4.